The Hall–Kier alpha value is -1.89. The Labute approximate surface area is 183 Å². The van der Waals surface area contributed by atoms with Crippen LogP contribution in [0.4, 0.5) is 0 Å². The highest BCUT2D eigenvalue weighted by molar-refractivity contribution is 5.29. The van der Waals surface area contributed by atoms with Crippen molar-refractivity contribution in [3.63, 3.8) is 0 Å². The van der Waals surface area contributed by atoms with Gasteiger partial charge in [-0.15, -0.1) is 0 Å². The van der Waals surface area contributed by atoms with Gasteiger partial charge in [-0.3, -0.25) is 0 Å². The van der Waals surface area contributed by atoms with Crippen LogP contribution in [0.2, 0.25) is 0 Å². The van der Waals surface area contributed by atoms with Crippen molar-refractivity contribution >= 4 is 0 Å². The van der Waals surface area contributed by atoms with Crippen LogP contribution in [0.1, 0.15) is 18.6 Å². The lowest BCUT2D eigenvalue weighted by molar-refractivity contribution is -0.367. The standard InChI is InChI=1S/C20H27NO11/c1-8-13(24)15(26)17(28)19(29-8)32-18-16(27)14(25)12(7-22)31-20(18)30-11(6-21)9-2-4-10(23)5-3-9/h2-5,8,11-20,22-28H,7H2,1H3/t8-,11-,12-,13+,14-,15-,16+,17-,18+,19+,20-/m1/s1. The fraction of sp³-hybridized carbons (Fsp3) is 0.650. The van der Waals surface area contributed by atoms with Gasteiger partial charge in [-0.1, -0.05) is 12.1 Å². The molecule has 0 unspecified atom stereocenters. The van der Waals surface area contributed by atoms with Crippen LogP contribution in [0.5, 0.6) is 5.75 Å². The number of benzene rings is 1. The summed E-state index contributed by atoms with van der Waals surface area (Å²) >= 11 is 0. The molecule has 0 aromatic heterocycles. The van der Waals surface area contributed by atoms with E-state index in [1.165, 1.54) is 31.2 Å². The molecule has 0 spiro atoms. The van der Waals surface area contributed by atoms with Gasteiger partial charge in [0.25, 0.3) is 0 Å². The zero-order valence-electron chi connectivity index (χ0n) is 17.1. The summed E-state index contributed by atoms with van der Waals surface area (Å²) in [5.74, 6) is -0.0299. The van der Waals surface area contributed by atoms with E-state index < -0.39 is 74.1 Å². The molecule has 0 bridgehead atoms. The zero-order chi connectivity index (χ0) is 23.6. The maximum absolute atomic E-state index is 10.6. The van der Waals surface area contributed by atoms with Crippen LogP contribution in [0.25, 0.3) is 0 Å². The zero-order valence-corrected chi connectivity index (χ0v) is 17.1. The number of hydrogen-bond donors (Lipinski definition) is 7. The molecule has 1 aromatic rings. The number of aromatic hydroxyl groups is 1. The lowest BCUT2D eigenvalue weighted by atomic mass is 9.97. The molecule has 12 heteroatoms. The van der Waals surface area contributed by atoms with E-state index in [0.29, 0.717) is 5.56 Å². The fourth-order valence-corrected chi connectivity index (χ4v) is 3.56. The molecule has 2 fully saturated rings. The summed E-state index contributed by atoms with van der Waals surface area (Å²) < 4.78 is 22.1. The van der Waals surface area contributed by atoms with Crippen molar-refractivity contribution in [2.75, 3.05) is 6.61 Å². The van der Waals surface area contributed by atoms with Gasteiger partial charge in [-0.25, -0.2) is 0 Å². The molecule has 2 aliphatic heterocycles. The molecular formula is C20H27NO11. The van der Waals surface area contributed by atoms with Gasteiger partial charge in [-0.2, -0.15) is 5.26 Å². The van der Waals surface area contributed by atoms with E-state index in [9.17, 15) is 41.0 Å². The molecule has 7 N–H and O–H groups in total. The van der Waals surface area contributed by atoms with E-state index in [-0.39, 0.29) is 5.75 Å². The van der Waals surface area contributed by atoms with Crippen LogP contribution >= 0.6 is 0 Å². The van der Waals surface area contributed by atoms with Crippen molar-refractivity contribution in [1.82, 2.24) is 0 Å². The molecule has 3 rings (SSSR count). The molecule has 12 nitrogen and oxygen atoms in total. The van der Waals surface area contributed by atoms with Gasteiger partial charge in [0.15, 0.2) is 18.7 Å². The van der Waals surface area contributed by atoms with Gasteiger partial charge in [-0.05, 0) is 24.6 Å². The maximum atomic E-state index is 10.6. The number of ether oxygens (including phenoxy) is 4. The molecule has 32 heavy (non-hydrogen) atoms. The first-order valence-corrected chi connectivity index (χ1v) is 9.99. The molecule has 11 atom stereocenters. The smallest absolute Gasteiger partial charge is 0.189 e. The molecule has 2 heterocycles. The number of phenolic OH excluding ortho intramolecular Hbond substituents is 1. The van der Waals surface area contributed by atoms with Gasteiger partial charge in [0.2, 0.25) is 0 Å². The first kappa shape index (κ1) is 24.7. The Bertz CT molecular complexity index is 787. The highest BCUT2D eigenvalue weighted by atomic mass is 16.8. The van der Waals surface area contributed by atoms with Crippen molar-refractivity contribution in [3.05, 3.63) is 29.8 Å². The van der Waals surface area contributed by atoms with Crippen molar-refractivity contribution in [3.8, 4) is 11.8 Å². The van der Waals surface area contributed by atoms with Crippen LogP contribution in [-0.4, -0.2) is 104 Å². The van der Waals surface area contributed by atoms with Crippen LogP contribution < -0.4 is 0 Å². The maximum Gasteiger partial charge on any atom is 0.189 e. The Morgan fingerprint density at radius 2 is 1.59 bits per heavy atom. The minimum Gasteiger partial charge on any atom is -0.508 e. The van der Waals surface area contributed by atoms with E-state index in [1.54, 1.807) is 0 Å². The lowest BCUT2D eigenvalue weighted by Gasteiger charge is -2.46. The number of nitriles is 1. The Kier molecular flexibility index (Phi) is 8.01. The predicted molar refractivity (Wildman–Crippen MR) is 103 cm³/mol. The summed E-state index contributed by atoms with van der Waals surface area (Å²) in [5, 5.41) is 79.4. The Morgan fingerprint density at radius 3 is 2.19 bits per heavy atom. The minimum atomic E-state index is -1.70. The summed E-state index contributed by atoms with van der Waals surface area (Å²) in [6, 6.07) is 7.45. The number of aliphatic hydroxyl groups excluding tert-OH is 6. The third kappa shape index (κ3) is 5.03. The summed E-state index contributed by atoms with van der Waals surface area (Å²) in [6.07, 6.45) is -16.0. The van der Waals surface area contributed by atoms with Gasteiger partial charge in [0.05, 0.1) is 18.8 Å². The number of aliphatic hydroxyl groups is 6. The number of nitrogens with zero attached hydrogens (tertiary/aromatic N) is 1. The molecular weight excluding hydrogens is 430 g/mol. The lowest BCUT2D eigenvalue weighted by Crippen LogP contribution is -2.64. The van der Waals surface area contributed by atoms with E-state index >= 15 is 0 Å². The second-order valence-electron chi connectivity index (χ2n) is 7.73. The minimum absolute atomic E-state index is 0.0299. The Morgan fingerprint density at radius 1 is 0.938 bits per heavy atom. The first-order chi connectivity index (χ1) is 15.2. The molecule has 1 aromatic carbocycles. The number of phenols is 1. The van der Waals surface area contributed by atoms with Gasteiger partial charge in [0.1, 0.15) is 48.5 Å². The molecule has 0 saturated carbocycles. The number of rotatable bonds is 6. The quantitative estimate of drug-likeness (QED) is 0.239. The second kappa shape index (κ2) is 10.4. The van der Waals surface area contributed by atoms with Crippen LogP contribution in [0.3, 0.4) is 0 Å². The van der Waals surface area contributed by atoms with Gasteiger partial charge in [0, 0.05) is 0 Å². The summed E-state index contributed by atoms with van der Waals surface area (Å²) in [7, 11) is 0. The predicted octanol–water partition coefficient (Wildman–Crippen LogP) is -2.37. The molecule has 0 aliphatic carbocycles. The monoisotopic (exact) mass is 457 g/mol. The Balaban J connectivity index is 1.83. The normalized spacial score (nSPS) is 41.1. The highest BCUT2D eigenvalue weighted by Gasteiger charge is 2.50. The molecule has 0 radical (unpaired) electrons. The van der Waals surface area contributed by atoms with Crippen molar-refractivity contribution < 1.29 is 54.7 Å². The third-order valence-corrected chi connectivity index (χ3v) is 5.51. The second-order valence-corrected chi connectivity index (χ2v) is 7.73. The summed E-state index contributed by atoms with van der Waals surface area (Å²) in [4.78, 5) is 0. The largest absolute Gasteiger partial charge is 0.508 e. The van der Waals surface area contributed by atoms with Gasteiger partial charge >= 0.3 is 0 Å². The van der Waals surface area contributed by atoms with Crippen LogP contribution in [0.15, 0.2) is 24.3 Å². The fourth-order valence-electron chi connectivity index (χ4n) is 3.56. The first-order valence-electron chi connectivity index (χ1n) is 9.99. The molecule has 0 amide bonds. The highest BCUT2D eigenvalue weighted by Crippen LogP contribution is 2.32. The molecule has 178 valence electrons. The topological polar surface area (TPSA) is 202 Å². The van der Waals surface area contributed by atoms with Crippen molar-refractivity contribution in [2.45, 2.75) is 74.4 Å². The van der Waals surface area contributed by atoms with Crippen LogP contribution in [0, 0.1) is 11.3 Å². The van der Waals surface area contributed by atoms with E-state index in [0.717, 1.165) is 0 Å². The third-order valence-electron chi connectivity index (χ3n) is 5.51. The number of hydrogen-bond acceptors (Lipinski definition) is 12. The molecule has 2 saturated heterocycles. The van der Waals surface area contributed by atoms with Crippen molar-refractivity contribution in [1.29, 1.82) is 5.26 Å². The average Bonchev–Trinajstić information content (AvgIpc) is 2.79. The summed E-state index contributed by atoms with van der Waals surface area (Å²) in [5.41, 5.74) is 0.343. The molecule has 2 aliphatic rings. The van der Waals surface area contributed by atoms with Gasteiger partial charge < -0.3 is 54.7 Å². The summed E-state index contributed by atoms with van der Waals surface area (Å²) in [6.45, 7) is 0.761. The average molecular weight is 457 g/mol. The van der Waals surface area contributed by atoms with E-state index in [4.69, 9.17) is 18.9 Å². The SMILES string of the molecule is C[C@H]1O[C@@H](O[C@@H]2[C@H](O[C@H](C#N)c3ccc(O)cc3)O[C@H](CO)[C@@H](O)[C@@H]2O)[C@H](O)[C@H](O)[C@H]1O. The van der Waals surface area contributed by atoms with Crippen LogP contribution in [-0.2, 0) is 18.9 Å². The van der Waals surface area contributed by atoms with E-state index in [1.807, 2.05) is 6.07 Å². The van der Waals surface area contributed by atoms with Crippen molar-refractivity contribution in [2.24, 2.45) is 0 Å². The van der Waals surface area contributed by atoms with E-state index in [2.05, 4.69) is 0 Å².